The summed E-state index contributed by atoms with van der Waals surface area (Å²) < 4.78 is 36.6. The zero-order valence-corrected chi connectivity index (χ0v) is 23.9. The Balaban J connectivity index is 1.42. The van der Waals surface area contributed by atoms with Gasteiger partial charge in [-0.3, -0.25) is 9.59 Å². The van der Waals surface area contributed by atoms with E-state index in [4.69, 9.17) is 18.9 Å². The monoisotopic (exact) mass is 586 g/mol. The van der Waals surface area contributed by atoms with Crippen molar-refractivity contribution >= 4 is 33.1 Å². The third-order valence-corrected chi connectivity index (χ3v) is 7.56. The topological polar surface area (TPSA) is 96.0 Å². The number of ketones is 1. The van der Waals surface area contributed by atoms with Gasteiger partial charge in [0.15, 0.2) is 17.2 Å². The van der Waals surface area contributed by atoms with Crippen molar-refractivity contribution in [2.75, 3.05) is 27.9 Å². The highest BCUT2D eigenvalue weighted by molar-refractivity contribution is 7.17. The Labute approximate surface area is 245 Å². The molecule has 0 unspecified atom stereocenters. The molecule has 0 aliphatic heterocycles. The predicted molar refractivity (Wildman–Crippen MR) is 159 cm³/mol. The smallest absolute Gasteiger partial charge is 0.251 e. The average molecular weight is 587 g/mol. The number of benzene rings is 3. The molecule has 2 heterocycles. The van der Waals surface area contributed by atoms with Crippen LogP contribution in [-0.2, 0) is 6.61 Å². The highest BCUT2D eigenvalue weighted by Gasteiger charge is 2.20. The van der Waals surface area contributed by atoms with Crippen molar-refractivity contribution in [2.24, 2.45) is 0 Å². The minimum atomic E-state index is -0.472. The molecule has 8 nitrogen and oxygen atoms in total. The van der Waals surface area contributed by atoms with Gasteiger partial charge in [-0.2, -0.15) is 0 Å². The van der Waals surface area contributed by atoms with Crippen LogP contribution < -0.4 is 24.3 Å². The number of fused-ring (bicyclic) bond motifs is 1. The maximum atomic E-state index is 14.4. The van der Waals surface area contributed by atoms with Crippen LogP contribution in [0.4, 0.5) is 4.39 Å². The highest BCUT2D eigenvalue weighted by atomic mass is 32.1. The fourth-order valence-corrected chi connectivity index (χ4v) is 5.31. The van der Waals surface area contributed by atoms with Crippen LogP contribution in [0.3, 0.4) is 0 Å². The first-order chi connectivity index (χ1) is 20.4. The van der Waals surface area contributed by atoms with Gasteiger partial charge in [0.05, 0.1) is 38.3 Å². The van der Waals surface area contributed by atoms with Gasteiger partial charge in [0, 0.05) is 21.9 Å². The molecule has 1 N–H and O–H groups in total. The molecule has 0 aliphatic carbocycles. The highest BCUT2D eigenvalue weighted by Crippen LogP contribution is 2.36. The molecular formula is C32H27FN2O6S. The molecular weight excluding hydrogens is 559 g/mol. The van der Waals surface area contributed by atoms with Crippen molar-refractivity contribution in [3.05, 3.63) is 101 Å². The SMILES string of the molecule is COc1ccc(COc2ccc(-c3csc4c(F)cccc34)nc2C(=O)CNC(=O)c2ccc(OC)c(OC)c2)cc1. The zero-order valence-electron chi connectivity index (χ0n) is 23.1. The molecule has 0 saturated heterocycles. The average Bonchev–Trinajstić information content (AvgIpc) is 3.47. The van der Waals surface area contributed by atoms with Crippen molar-refractivity contribution in [3.63, 3.8) is 0 Å². The second-order valence-corrected chi connectivity index (χ2v) is 10.0. The van der Waals surface area contributed by atoms with Gasteiger partial charge in [0.1, 0.15) is 23.9 Å². The molecule has 0 aliphatic rings. The molecule has 5 rings (SSSR count). The van der Waals surface area contributed by atoms with E-state index < -0.39 is 11.7 Å². The number of ether oxygens (including phenoxy) is 4. The number of amides is 1. The first kappa shape index (κ1) is 28.6. The number of methoxy groups -OCH3 is 3. The van der Waals surface area contributed by atoms with Gasteiger partial charge < -0.3 is 24.3 Å². The second-order valence-electron chi connectivity index (χ2n) is 9.12. The summed E-state index contributed by atoms with van der Waals surface area (Å²) in [5.74, 6) is 0.583. The molecule has 0 saturated carbocycles. The summed E-state index contributed by atoms with van der Waals surface area (Å²) in [5.41, 5.74) is 2.38. The molecule has 1 amide bonds. The number of rotatable bonds is 11. The van der Waals surface area contributed by atoms with Crippen LogP contribution in [0.15, 0.2) is 78.2 Å². The van der Waals surface area contributed by atoms with E-state index in [1.54, 1.807) is 42.8 Å². The molecule has 0 fully saturated rings. The maximum absolute atomic E-state index is 14.4. The predicted octanol–water partition coefficient (Wildman–Crippen LogP) is 6.32. The zero-order chi connectivity index (χ0) is 29.6. The maximum Gasteiger partial charge on any atom is 0.251 e. The van der Waals surface area contributed by atoms with Crippen LogP contribution in [0.1, 0.15) is 26.4 Å². The Morgan fingerprint density at radius 1 is 0.881 bits per heavy atom. The lowest BCUT2D eigenvalue weighted by atomic mass is 10.1. The number of halogens is 1. The number of pyridine rings is 1. The fraction of sp³-hybridized carbons (Fsp3) is 0.156. The minimum Gasteiger partial charge on any atom is -0.497 e. The quantitative estimate of drug-likeness (QED) is 0.181. The summed E-state index contributed by atoms with van der Waals surface area (Å²) in [6.45, 7) is -0.155. The van der Waals surface area contributed by atoms with E-state index in [9.17, 15) is 14.0 Å². The summed E-state index contributed by atoms with van der Waals surface area (Å²) in [4.78, 5) is 31.0. The number of hydrogen-bond donors (Lipinski definition) is 1. The van der Waals surface area contributed by atoms with E-state index in [2.05, 4.69) is 10.3 Å². The normalized spacial score (nSPS) is 10.8. The molecule has 3 aromatic carbocycles. The number of nitrogens with one attached hydrogen (secondary N) is 1. The summed E-state index contributed by atoms with van der Waals surface area (Å²) in [5, 5.41) is 5.15. The number of aromatic nitrogens is 1. The number of carbonyl (C=O) groups excluding carboxylic acids is 2. The minimum absolute atomic E-state index is 0.0457. The lowest BCUT2D eigenvalue weighted by molar-refractivity contribution is 0.0900. The summed E-state index contributed by atoms with van der Waals surface area (Å²) in [6.07, 6.45) is 0. The molecule has 42 heavy (non-hydrogen) atoms. The fourth-order valence-electron chi connectivity index (χ4n) is 4.34. The third kappa shape index (κ3) is 6.03. The Morgan fingerprint density at radius 2 is 1.64 bits per heavy atom. The number of thiophene rings is 1. The van der Waals surface area contributed by atoms with Gasteiger partial charge in [0.25, 0.3) is 5.91 Å². The van der Waals surface area contributed by atoms with Gasteiger partial charge in [0.2, 0.25) is 5.78 Å². The Kier molecular flexibility index (Phi) is 8.63. The number of Topliss-reactive ketones (excluding diaryl/α,β-unsaturated/α-hetero) is 1. The lowest BCUT2D eigenvalue weighted by Crippen LogP contribution is -2.30. The van der Waals surface area contributed by atoms with Gasteiger partial charge in [-0.05, 0) is 54.1 Å². The van der Waals surface area contributed by atoms with Crippen LogP contribution in [0.5, 0.6) is 23.0 Å². The first-order valence-corrected chi connectivity index (χ1v) is 13.8. The molecule has 0 radical (unpaired) electrons. The molecule has 214 valence electrons. The summed E-state index contributed by atoms with van der Waals surface area (Å²) in [6, 6.07) is 20.3. The molecule has 0 bridgehead atoms. The Hall–Kier alpha value is -4.96. The third-order valence-electron chi connectivity index (χ3n) is 6.56. The molecule has 5 aromatic rings. The van der Waals surface area contributed by atoms with E-state index in [-0.39, 0.29) is 30.4 Å². The number of carbonyl (C=O) groups is 2. The van der Waals surface area contributed by atoms with E-state index in [1.807, 2.05) is 30.3 Å². The standard InChI is InChI=1S/C32H27FN2O6S/c1-38-21-10-7-19(8-11-21)17-41-28-14-12-25(23-18-42-31-22(23)5-4-6-24(31)33)35-30(28)26(36)16-34-32(37)20-9-13-27(39-2)29(15-20)40-3/h4-15,18H,16-17H2,1-3H3,(H,34,37). The van der Waals surface area contributed by atoms with Crippen LogP contribution in [0.25, 0.3) is 21.3 Å². The van der Waals surface area contributed by atoms with Crippen molar-refractivity contribution in [1.29, 1.82) is 0 Å². The van der Waals surface area contributed by atoms with E-state index in [1.165, 1.54) is 37.7 Å². The van der Waals surface area contributed by atoms with E-state index >= 15 is 0 Å². The lowest BCUT2D eigenvalue weighted by Gasteiger charge is -2.13. The molecule has 0 atom stereocenters. The van der Waals surface area contributed by atoms with Crippen molar-refractivity contribution in [1.82, 2.24) is 10.3 Å². The summed E-state index contributed by atoms with van der Waals surface area (Å²) >= 11 is 1.26. The van der Waals surface area contributed by atoms with Crippen molar-refractivity contribution in [2.45, 2.75) is 6.61 Å². The molecule has 10 heteroatoms. The van der Waals surface area contributed by atoms with Gasteiger partial charge in [-0.1, -0.05) is 24.3 Å². The van der Waals surface area contributed by atoms with Crippen LogP contribution in [-0.4, -0.2) is 44.5 Å². The Morgan fingerprint density at radius 3 is 2.38 bits per heavy atom. The number of hydrogen-bond acceptors (Lipinski definition) is 8. The van der Waals surface area contributed by atoms with Gasteiger partial charge in [-0.25, -0.2) is 9.37 Å². The van der Waals surface area contributed by atoms with Gasteiger partial charge in [-0.15, -0.1) is 11.3 Å². The van der Waals surface area contributed by atoms with Gasteiger partial charge >= 0.3 is 0 Å². The van der Waals surface area contributed by atoms with Crippen molar-refractivity contribution < 1.29 is 32.9 Å². The summed E-state index contributed by atoms with van der Waals surface area (Å²) in [7, 11) is 4.56. The van der Waals surface area contributed by atoms with E-state index in [0.29, 0.717) is 44.2 Å². The van der Waals surface area contributed by atoms with Crippen molar-refractivity contribution in [3.8, 4) is 34.3 Å². The Bertz CT molecular complexity index is 1750. The van der Waals surface area contributed by atoms with Crippen LogP contribution >= 0.6 is 11.3 Å². The van der Waals surface area contributed by atoms with Crippen LogP contribution in [0, 0.1) is 5.82 Å². The van der Waals surface area contributed by atoms with E-state index in [0.717, 1.165) is 5.56 Å². The second kappa shape index (κ2) is 12.7. The largest absolute Gasteiger partial charge is 0.497 e. The first-order valence-electron chi connectivity index (χ1n) is 12.9. The molecule has 0 spiro atoms. The molecule has 2 aromatic heterocycles. The van der Waals surface area contributed by atoms with Crippen LogP contribution in [0.2, 0.25) is 0 Å². The number of nitrogens with zero attached hydrogens (tertiary/aromatic N) is 1.